The molecule has 2 saturated carbocycles. The van der Waals surface area contributed by atoms with Gasteiger partial charge >= 0.3 is 0 Å². The Morgan fingerprint density at radius 1 is 1.16 bits per heavy atom. The van der Waals surface area contributed by atoms with E-state index in [4.69, 9.17) is 21.1 Å². The topological polar surface area (TPSA) is 144 Å². The van der Waals surface area contributed by atoms with Crippen molar-refractivity contribution in [1.82, 2.24) is 19.9 Å². The SMILES string of the molecule is C[C@@H]1CC/C=C\[C@@H]2C[C@@]2(C(=O)NS(=O)(=O)C2CC2)NC(=O)[C@@H]2C[C@@H](Oc3nc(OCC(F)F)cc4c(Cl)cccc34)CN2C(=O)C[C@H](C)C1. The van der Waals surface area contributed by atoms with Gasteiger partial charge in [0.15, 0.2) is 6.61 Å². The second-order valence-corrected chi connectivity index (χ2v) is 16.3. The lowest BCUT2D eigenvalue weighted by Gasteiger charge is -2.27. The third-order valence-corrected chi connectivity index (χ3v) is 11.9. The van der Waals surface area contributed by atoms with Crippen LogP contribution in [0.1, 0.15) is 65.2 Å². The number of fused-ring (bicyclic) bond motifs is 3. The molecule has 1 aromatic carbocycles. The van der Waals surface area contributed by atoms with Gasteiger partial charge in [-0.3, -0.25) is 19.1 Å². The van der Waals surface area contributed by atoms with Gasteiger partial charge in [-0.15, -0.1) is 0 Å². The Morgan fingerprint density at radius 3 is 2.67 bits per heavy atom. The Bertz CT molecular complexity index is 1760. The molecule has 6 atom stereocenters. The second kappa shape index (κ2) is 14.0. The van der Waals surface area contributed by atoms with Crippen LogP contribution >= 0.6 is 11.6 Å². The van der Waals surface area contributed by atoms with Crippen LogP contribution in [0.4, 0.5) is 8.78 Å². The third kappa shape index (κ3) is 7.95. The van der Waals surface area contributed by atoms with Crippen molar-refractivity contribution in [3.8, 4) is 11.8 Å². The van der Waals surface area contributed by atoms with Crippen molar-refractivity contribution in [3.63, 3.8) is 0 Å². The van der Waals surface area contributed by atoms with Crippen molar-refractivity contribution >= 4 is 50.1 Å². The number of ether oxygens (including phenoxy) is 2. The Labute approximate surface area is 289 Å². The summed E-state index contributed by atoms with van der Waals surface area (Å²) >= 11 is 6.42. The molecule has 3 amide bonds. The maximum absolute atomic E-state index is 14.1. The number of aromatic nitrogens is 1. The number of carbonyl (C=O) groups excluding carboxylic acids is 3. The van der Waals surface area contributed by atoms with Crippen LogP contribution in [0.2, 0.25) is 5.02 Å². The number of rotatable bonds is 8. The van der Waals surface area contributed by atoms with Gasteiger partial charge in [0.05, 0.1) is 11.8 Å². The lowest BCUT2D eigenvalue weighted by Crippen LogP contribution is -2.56. The summed E-state index contributed by atoms with van der Waals surface area (Å²) in [5, 5.41) is 3.50. The van der Waals surface area contributed by atoms with Gasteiger partial charge in [-0.2, -0.15) is 4.98 Å². The predicted molar refractivity (Wildman–Crippen MR) is 178 cm³/mol. The van der Waals surface area contributed by atoms with Crippen molar-refractivity contribution < 1.29 is 41.1 Å². The van der Waals surface area contributed by atoms with E-state index in [9.17, 15) is 31.6 Å². The molecule has 15 heteroatoms. The highest BCUT2D eigenvalue weighted by molar-refractivity contribution is 7.91. The highest BCUT2D eigenvalue weighted by atomic mass is 35.5. The monoisotopic (exact) mass is 722 g/mol. The molecule has 6 rings (SSSR count). The zero-order valence-corrected chi connectivity index (χ0v) is 28.9. The van der Waals surface area contributed by atoms with Crippen LogP contribution in [-0.4, -0.2) is 78.5 Å². The van der Waals surface area contributed by atoms with Gasteiger partial charge in [0.1, 0.15) is 17.7 Å². The summed E-state index contributed by atoms with van der Waals surface area (Å²) in [7, 11) is -3.87. The number of halogens is 3. The quantitative estimate of drug-likeness (QED) is 0.371. The number of amides is 3. The molecule has 2 N–H and O–H groups in total. The maximum atomic E-state index is 14.1. The van der Waals surface area contributed by atoms with Crippen LogP contribution in [0, 0.1) is 17.8 Å². The molecule has 2 aliphatic carbocycles. The first kappa shape index (κ1) is 35.3. The highest BCUT2D eigenvalue weighted by Crippen LogP contribution is 2.46. The largest absolute Gasteiger partial charge is 0.472 e. The van der Waals surface area contributed by atoms with Gasteiger partial charge < -0.3 is 19.7 Å². The van der Waals surface area contributed by atoms with E-state index in [1.165, 1.54) is 11.0 Å². The number of hydrogen-bond acceptors (Lipinski definition) is 8. The van der Waals surface area contributed by atoms with E-state index in [2.05, 4.69) is 21.9 Å². The smallest absolute Gasteiger partial charge is 0.272 e. The standard InChI is InChI=1S/C34H41ClF2N4O7S/c1-19-6-3-4-7-21-16-34(21,33(44)40-49(45,46)23-10-11-23)39-31(43)27-14-22(17-41(27)30(42)13-20(2)12-19)48-32-24-8-5-9-26(35)25(24)15-29(38-32)47-18-28(36)37/h4-5,7-9,15,19-23,27-28H,3,6,10-14,16-18H2,1-2H3,(H,39,43)(H,40,44)/b7-4-/t19-,20-,21-,22-,27+,34-/m1/s1. The van der Waals surface area contributed by atoms with Gasteiger partial charge in [-0.25, -0.2) is 17.2 Å². The lowest BCUT2D eigenvalue weighted by molar-refractivity contribution is -0.140. The van der Waals surface area contributed by atoms with Crippen molar-refractivity contribution in [3.05, 3.63) is 41.4 Å². The van der Waals surface area contributed by atoms with E-state index in [0.29, 0.717) is 34.6 Å². The summed E-state index contributed by atoms with van der Waals surface area (Å²) in [5.74, 6) is -1.77. The zero-order chi connectivity index (χ0) is 35.1. The van der Waals surface area contributed by atoms with Crippen LogP contribution in [-0.2, 0) is 24.4 Å². The van der Waals surface area contributed by atoms with E-state index >= 15 is 0 Å². The van der Waals surface area contributed by atoms with Crippen molar-refractivity contribution in [2.75, 3.05) is 13.2 Å². The van der Waals surface area contributed by atoms with Gasteiger partial charge in [-0.1, -0.05) is 43.7 Å². The molecule has 3 fully saturated rings. The number of pyridine rings is 1. The molecule has 0 radical (unpaired) electrons. The first-order valence-electron chi connectivity index (χ1n) is 16.8. The highest BCUT2D eigenvalue weighted by Gasteiger charge is 2.62. The molecule has 1 aromatic heterocycles. The van der Waals surface area contributed by atoms with Crippen LogP contribution in [0.15, 0.2) is 36.4 Å². The number of nitrogens with zero attached hydrogens (tertiary/aromatic N) is 2. The fraction of sp³-hybridized carbons (Fsp3) is 0.588. The van der Waals surface area contributed by atoms with E-state index in [1.807, 2.05) is 19.1 Å². The van der Waals surface area contributed by atoms with Crippen LogP contribution in [0.25, 0.3) is 10.8 Å². The van der Waals surface area contributed by atoms with Crippen molar-refractivity contribution in [1.29, 1.82) is 0 Å². The average Bonchev–Trinajstić information content (AvgIpc) is 3.95. The molecule has 0 bridgehead atoms. The molecule has 2 aliphatic heterocycles. The lowest BCUT2D eigenvalue weighted by atomic mass is 9.91. The zero-order valence-electron chi connectivity index (χ0n) is 27.4. The van der Waals surface area contributed by atoms with Crippen LogP contribution in [0.3, 0.4) is 0 Å². The summed E-state index contributed by atoms with van der Waals surface area (Å²) < 4.78 is 65.0. The molecule has 4 aliphatic rings. The van der Waals surface area contributed by atoms with E-state index in [1.54, 1.807) is 18.2 Å². The molecular weight excluding hydrogens is 682 g/mol. The van der Waals surface area contributed by atoms with Gasteiger partial charge in [0.2, 0.25) is 33.6 Å². The summed E-state index contributed by atoms with van der Waals surface area (Å²) in [4.78, 5) is 47.3. The summed E-state index contributed by atoms with van der Waals surface area (Å²) in [5.41, 5.74) is -1.48. The summed E-state index contributed by atoms with van der Waals surface area (Å²) in [6, 6.07) is 5.43. The van der Waals surface area contributed by atoms with E-state index < -0.39 is 63.7 Å². The number of sulfonamides is 1. The summed E-state index contributed by atoms with van der Waals surface area (Å²) in [6.45, 7) is 3.26. The third-order valence-electron chi connectivity index (χ3n) is 9.77. The van der Waals surface area contributed by atoms with Crippen LogP contribution in [0.5, 0.6) is 11.8 Å². The van der Waals surface area contributed by atoms with E-state index in [-0.39, 0.29) is 49.4 Å². The second-order valence-electron chi connectivity index (χ2n) is 13.9. The number of carbonyl (C=O) groups is 3. The first-order chi connectivity index (χ1) is 23.3. The average molecular weight is 723 g/mol. The minimum atomic E-state index is -3.87. The number of hydrogen-bond donors (Lipinski definition) is 2. The van der Waals surface area contributed by atoms with Gasteiger partial charge in [0.25, 0.3) is 12.3 Å². The maximum Gasteiger partial charge on any atom is 0.272 e. The molecule has 0 spiro atoms. The normalized spacial score (nSPS) is 30.1. The first-order valence-corrected chi connectivity index (χ1v) is 18.7. The Balaban J connectivity index is 1.29. The van der Waals surface area contributed by atoms with E-state index in [0.717, 1.165) is 19.3 Å². The number of benzene rings is 1. The molecular formula is C34H41ClF2N4O7S. The minimum absolute atomic E-state index is 0.0175. The molecule has 1 saturated heterocycles. The molecule has 11 nitrogen and oxygen atoms in total. The molecule has 49 heavy (non-hydrogen) atoms. The summed E-state index contributed by atoms with van der Waals surface area (Å²) in [6.07, 6.45) is 4.18. The Kier molecular flexibility index (Phi) is 10.1. The molecule has 2 aromatic rings. The van der Waals surface area contributed by atoms with Gasteiger partial charge in [0, 0.05) is 40.6 Å². The minimum Gasteiger partial charge on any atom is -0.472 e. The number of nitrogens with one attached hydrogen (secondary N) is 2. The molecule has 0 unspecified atom stereocenters. The van der Waals surface area contributed by atoms with Gasteiger partial charge in [-0.05, 0) is 62.5 Å². The van der Waals surface area contributed by atoms with Crippen molar-refractivity contribution in [2.45, 2.75) is 94.6 Å². The number of allylic oxidation sites excluding steroid dienone is 1. The molecule has 3 heterocycles. The molecule has 266 valence electrons. The fourth-order valence-corrected chi connectivity index (χ4v) is 8.57. The van der Waals surface area contributed by atoms with Crippen LogP contribution < -0.4 is 19.5 Å². The predicted octanol–water partition coefficient (Wildman–Crippen LogP) is 4.77. The Morgan fingerprint density at radius 2 is 1.94 bits per heavy atom. The fourth-order valence-electron chi connectivity index (χ4n) is 6.97. The number of alkyl halides is 2. The van der Waals surface area contributed by atoms with Crippen molar-refractivity contribution in [2.24, 2.45) is 17.8 Å². The Hall–Kier alpha value is -3.52.